The van der Waals surface area contributed by atoms with E-state index < -0.39 is 0 Å². The molecule has 0 spiro atoms. The van der Waals surface area contributed by atoms with Crippen molar-refractivity contribution >= 4 is 40.8 Å². The lowest BCUT2D eigenvalue weighted by molar-refractivity contribution is 1.04. The van der Waals surface area contributed by atoms with E-state index in [2.05, 4.69) is 9.97 Å². The Hall–Kier alpha value is -1.81. The second kappa shape index (κ2) is 6.75. The molecule has 0 unspecified atom stereocenters. The van der Waals surface area contributed by atoms with E-state index in [9.17, 15) is 0 Å². The molecule has 3 aromatic rings. The average molecular weight is 365 g/mol. The Kier molecular flexibility index (Phi) is 4.71. The molecule has 2 N–H and O–H groups in total. The predicted octanol–water partition coefficient (Wildman–Crippen LogP) is 5.28. The summed E-state index contributed by atoms with van der Waals surface area (Å²) in [5, 5.41) is 1.86. The quantitative estimate of drug-likeness (QED) is 0.688. The van der Waals surface area contributed by atoms with Gasteiger partial charge in [0.1, 0.15) is 0 Å². The van der Waals surface area contributed by atoms with Gasteiger partial charge in [0.25, 0.3) is 0 Å². The first-order chi connectivity index (χ1) is 11.0. The Morgan fingerprint density at radius 1 is 0.913 bits per heavy atom. The van der Waals surface area contributed by atoms with Gasteiger partial charge in [0.15, 0.2) is 0 Å². The van der Waals surface area contributed by atoms with E-state index in [-0.39, 0.29) is 5.95 Å². The zero-order valence-corrected chi connectivity index (χ0v) is 14.2. The molecule has 1 heterocycles. The van der Waals surface area contributed by atoms with Crippen molar-refractivity contribution < 1.29 is 0 Å². The van der Waals surface area contributed by atoms with Gasteiger partial charge in [-0.3, -0.25) is 0 Å². The standard InChI is InChI=1S/C17H12Cl3N3/c18-11-6-4-10(5-7-11)13-9-22-17(21)23-16(13)8-12-14(19)2-1-3-15(12)20/h1-7,9H,8H2,(H2,21,22,23). The molecule has 0 bridgehead atoms. The van der Waals surface area contributed by atoms with Crippen LogP contribution in [0.3, 0.4) is 0 Å². The molecule has 1 aromatic heterocycles. The van der Waals surface area contributed by atoms with Gasteiger partial charge in [-0.25, -0.2) is 9.97 Å². The summed E-state index contributed by atoms with van der Waals surface area (Å²) in [6.45, 7) is 0. The van der Waals surface area contributed by atoms with Gasteiger partial charge < -0.3 is 5.73 Å². The lowest BCUT2D eigenvalue weighted by atomic mass is 10.0. The van der Waals surface area contributed by atoms with E-state index in [4.69, 9.17) is 40.5 Å². The molecule has 0 aliphatic rings. The van der Waals surface area contributed by atoms with Crippen molar-refractivity contribution in [1.82, 2.24) is 9.97 Å². The SMILES string of the molecule is Nc1ncc(-c2ccc(Cl)cc2)c(Cc2c(Cl)cccc2Cl)n1. The molecule has 116 valence electrons. The molecule has 3 rings (SSSR count). The third-order valence-corrected chi connectivity index (χ3v) is 4.41. The lowest BCUT2D eigenvalue weighted by Crippen LogP contribution is -2.03. The van der Waals surface area contributed by atoms with Crippen LogP contribution in [-0.4, -0.2) is 9.97 Å². The molecular formula is C17H12Cl3N3. The summed E-state index contributed by atoms with van der Waals surface area (Å²) in [6.07, 6.45) is 2.16. The Bertz CT molecular complexity index is 828. The van der Waals surface area contributed by atoms with Crippen LogP contribution in [0.5, 0.6) is 0 Å². The number of halogens is 3. The first-order valence-electron chi connectivity index (χ1n) is 6.85. The second-order valence-electron chi connectivity index (χ2n) is 4.97. The number of hydrogen-bond donors (Lipinski definition) is 1. The number of nitrogens with two attached hydrogens (primary N) is 1. The van der Waals surface area contributed by atoms with E-state index in [1.165, 1.54) is 0 Å². The summed E-state index contributed by atoms with van der Waals surface area (Å²) in [6, 6.07) is 12.9. The van der Waals surface area contributed by atoms with E-state index in [1.54, 1.807) is 18.3 Å². The third kappa shape index (κ3) is 3.58. The average Bonchev–Trinajstić information content (AvgIpc) is 2.52. The number of anilines is 1. The number of rotatable bonds is 3. The monoisotopic (exact) mass is 363 g/mol. The summed E-state index contributed by atoms with van der Waals surface area (Å²) in [5.74, 6) is 0.209. The third-order valence-electron chi connectivity index (χ3n) is 3.45. The van der Waals surface area contributed by atoms with Gasteiger partial charge in [-0.05, 0) is 35.4 Å². The van der Waals surface area contributed by atoms with Crippen molar-refractivity contribution in [3.63, 3.8) is 0 Å². The van der Waals surface area contributed by atoms with Gasteiger partial charge in [0, 0.05) is 33.2 Å². The number of benzene rings is 2. The molecular weight excluding hydrogens is 353 g/mol. The minimum Gasteiger partial charge on any atom is -0.368 e. The van der Waals surface area contributed by atoms with Crippen LogP contribution >= 0.6 is 34.8 Å². The van der Waals surface area contributed by atoms with Crippen LogP contribution in [0.15, 0.2) is 48.7 Å². The van der Waals surface area contributed by atoms with Gasteiger partial charge in [-0.2, -0.15) is 0 Å². The molecule has 3 nitrogen and oxygen atoms in total. The molecule has 0 atom stereocenters. The van der Waals surface area contributed by atoms with Crippen LogP contribution in [0.25, 0.3) is 11.1 Å². The first-order valence-corrected chi connectivity index (χ1v) is 7.98. The second-order valence-corrected chi connectivity index (χ2v) is 6.22. The number of hydrogen-bond acceptors (Lipinski definition) is 3. The van der Waals surface area contributed by atoms with Gasteiger partial charge >= 0.3 is 0 Å². The summed E-state index contributed by atoms with van der Waals surface area (Å²) in [5.41, 5.74) is 9.14. The highest BCUT2D eigenvalue weighted by molar-refractivity contribution is 6.36. The number of aromatic nitrogens is 2. The molecule has 0 saturated carbocycles. The molecule has 6 heteroatoms. The normalized spacial score (nSPS) is 10.7. The van der Waals surface area contributed by atoms with Crippen molar-refractivity contribution in [2.24, 2.45) is 0 Å². The summed E-state index contributed by atoms with van der Waals surface area (Å²) >= 11 is 18.5. The fourth-order valence-electron chi connectivity index (χ4n) is 2.31. The molecule has 0 amide bonds. The predicted molar refractivity (Wildman–Crippen MR) is 96.2 cm³/mol. The van der Waals surface area contributed by atoms with Crippen LogP contribution in [-0.2, 0) is 6.42 Å². The first kappa shape index (κ1) is 16.1. The van der Waals surface area contributed by atoms with Crippen LogP contribution in [0.4, 0.5) is 5.95 Å². The molecule has 0 aliphatic heterocycles. The van der Waals surface area contributed by atoms with Gasteiger partial charge in [-0.1, -0.05) is 53.0 Å². The van der Waals surface area contributed by atoms with E-state index in [0.717, 1.165) is 22.4 Å². The molecule has 23 heavy (non-hydrogen) atoms. The molecule has 0 aliphatic carbocycles. The van der Waals surface area contributed by atoms with E-state index >= 15 is 0 Å². The summed E-state index contributed by atoms with van der Waals surface area (Å²) in [7, 11) is 0. The van der Waals surface area contributed by atoms with Crippen molar-refractivity contribution in [3.05, 3.63) is 75.0 Å². The van der Waals surface area contributed by atoms with Crippen LogP contribution in [0, 0.1) is 0 Å². The number of nitrogens with zero attached hydrogens (tertiary/aromatic N) is 2. The zero-order valence-electron chi connectivity index (χ0n) is 11.9. The summed E-state index contributed by atoms with van der Waals surface area (Å²) < 4.78 is 0. The largest absolute Gasteiger partial charge is 0.368 e. The highest BCUT2D eigenvalue weighted by Gasteiger charge is 2.13. The topological polar surface area (TPSA) is 51.8 Å². The Morgan fingerprint density at radius 3 is 2.22 bits per heavy atom. The fraction of sp³-hybridized carbons (Fsp3) is 0.0588. The highest BCUT2D eigenvalue weighted by Crippen LogP contribution is 2.30. The molecule has 0 saturated heterocycles. The Balaban J connectivity index is 2.08. The highest BCUT2D eigenvalue weighted by atomic mass is 35.5. The Morgan fingerprint density at radius 2 is 1.57 bits per heavy atom. The van der Waals surface area contributed by atoms with Crippen molar-refractivity contribution in [2.75, 3.05) is 5.73 Å². The molecule has 0 fully saturated rings. The minimum atomic E-state index is 0.209. The lowest BCUT2D eigenvalue weighted by Gasteiger charge is -2.11. The van der Waals surface area contributed by atoms with Crippen LogP contribution < -0.4 is 5.73 Å². The smallest absolute Gasteiger partial charge is 0.220 e. The maximum Gasteiger partial charge on any atom is 0.220 e. The maximum absolute atomic E-state index is 6.26. The van der Waals surface area contributed by atoms with Crippen molar-refractivity contribution in [3.8, 4) is 11.1 Å². The van der Waals surface area contributed by atoms with E-state index in [0.29, 0.717) is 21.5 Å². The summed E-state index contributed by atoms with van der Waals surface area (Å²) in [4.78, 5) is 8.46. The molecule has 0 radical (unpaired) electrons. The van der Waals surface area contributed by atoms with Gasteiger partial charge in [0.05, 0.1) is 5.69 Å². The van der Waals surface area contributed by atoms with Gasteiger partial charge in [-0.15, -0.1) is 0 Å². The minimum absolute atomic E-state index is 0.209. The van der Waals surface area contributed by atoms with Gasteiger partial charge in [0.2, 0.25) is 5.95 Å². The zero-order chi connectivity index (χ0) is 16.4. The molecule has 2 aromatic carbocycles. The van der Waals surface area contributed by atoms with Crippen LogP contribution in [0.1, 0.15) is 11.3 Å². The van der Waals surface area contributed by atoms with Crippen LogP contribution in [0.2, 0.25) is 15.1 Å². The Labute approximate surface area is 149 Å². The number of nitrogen functional groups attached to an aromatic ring is 1. The van der Waals surface area contributed by atoms with E-state index in [1.807, 2.05) is 30.3 Å². The maximum atomic E-state index is 6.26. The van der Waals surface area contributed by atoms with Crippen molar-refractivity contribution in [2.45, 2.75) is 6.42 Å². The fourth-order valence-corrected chi connectivity index (χ4v) is 2.96. The van der Waals surface area contributed by atoms with Crippen molar-refractivity contribution in [1.29, 1.82) is 0 Å².